The Hall–Kier alpha value is -3.15. The van der Waals surface area contributed by atoms with Crippen LogP contribution in [0.25, 0.3) is 0 Å². The first-order valence-electron chi connectivity index (χ1n) is 9.83. The summed E-state index contributed by atoms with van der Waals surface area (Å²) in [4.78, 5) is 25.7. The summed E-state index contributed by atoms with van der Waals surface area (Å²) in [5.74, 6) is -1.32. The lowest BCUT2D eigenvalue weighted by atomic mass is 9.89. The van der Waals surface area contributed by atoms with Crippen molar-refractivity contribution in [3.8, 4) is 0 Å². The standard InChI is InChI=1S/C22H21F7N2O3/c1-3-31(2)19(33)20(30-13-32,15-4-6-18(23)7-5-15)12-34-11-14-8-16(21(24,25)26)10-17(9-14)22(27,28)29/h4-10,13H,3,11-12H2,1-2H3,(H,30,32). The zero-order valence-electron chi connectivity index (χ0n) is 18.1. The molecule has 0 saturated carbocycles. The number of ether oxygens (including phenoxy) is 1. The fourth-order valence-corrected chi connectivity index (χ4v) is 3.18. The monoisotopic (exact) mass is 494 g/mol. The topological polar surface area (TPSA) is 58.6 Å². The third-order valence-electron chi connectivity index (χ3n) is 5.06. The Morgan fingerprint density at radius 3 is 1.94 bits per heavy atom. The van der Waals surface area contributed by atoms with E-state index in [4.69, 9.17) is 4.74 Å². The van der Waals surface area contributed by atoms with Gasteiger partial charge in [0.25, 0.3) is 5.91 Å². The molecular weight excluding hydrogens is 473 g/mol. The summed E-state index contributed by atoms with van der Waals surface area (Å²) in [6.07, 6.45) is -9.88. The molecule has 186 valence electrons. The minimum atomic E-state index is -5.03. The number of carbonyl (C=O) groups is 2. The fraction of sp³-hybridized carbons (Fsp3) is 0.364. The lowest BCUT2D eigenvalue weighted by molar-refractivity contribution is -0.143. The van der Waals surface area contributed by atoms with Crippen LogP contribution in [0.4, 0.5) is 30.7 Å². The summed E-state index contributed by atoms with van der Waals surface area (Å²) < 4.78 is 97.4. The van der Waals surface area contributed by atoms with Crippen LogP contribution in [0.15, 0.2) is 42.5 Å². The highest BCUT2D eigenvalue weighted by molar-refractivity contribution is 5.89. The van der Waals surface area contributed by atoms with Gasteiger partial charge < -0.3 is 15.0 Å². The van der Waals surface area contributed by atoms with Crippen LogP contribution in [-0.2, 0) is 38.8 Å². The van der Waals surface area contributed by atoms with Gasteiger partial charge in [-0.2, -0.15) is 26.3 Å². The summed E-state index contributed by atoms with van der Waals surface area (Å²) in [6, 6.07) is 5.46. The number of benzene rings is 2. The molecule has 12 heteroatoms. The highest BCUT2D eigenvalue weighted by atomic mass is 19.4. The van der Waals surface area contributed by atoms with Gasteiger partial charge in [-0.3, -0.25) is 9.59 Å². The van der Waals surface area contributed by atoms with Crippen molar-refractivity contribution < 1.29 is 45.1 Å². The van der Waals surface area contributed by atoms with E-state index in [-0.39, 0.29) is 24.6 Å². The molecule has 2 aromatic rings. The molecule has 0 saturated heterocycles. The Morgan fingerprint density at radius 1 is 0.971 bits per heavy atom. The first kappa shape index (κ1) is 27.1. The minimum Gasteiger partial charge on any atom is -0.373 e. The van der Waals surface area contributed by atoms with Crippen LogP contribution < -0.4 is 5.32 Å². The molecule has 0 aromatic heterocycles. The van der Waals surface area contributed by atoms with E-state index in [1.807, 2.05) is 0 Å². The summed E-state index contributed by atoms with van der Waals surface area (Å²) in [5, 5.41) is 2.33. The summed E-state index contributed by atoms with van der Waals surface area (Å²) in [5.41, 5.74) is -5.28. The van der Waals surface area contributed by atoms with Crippen molar-refractivity contribution in [2.75, 3.05) is 20.2 Å². The van der Waals surface area contributed by atoms with E-state index in [1.165, 1.54) is 24.1 Å². The molecule has 0 aliphatic carbocycles. The average Bonchev–Trinajstić information content (AvgIpc) is 2.76. The van der Waals surface area contributed by atoms with Gasteiger partial charge in [0.15, 0.2) is 5.54 Å². The van der Waals surface area contributed by atoms with Crippen molar-refractivity contribution in [3.05, 3.63) is 70.5 Å². The van der Waals surface area contributed by atoms with Gasteiger partial charge in [-0.25, -0.2) is 4.39 Å². The zero-order valence-corrected chi connectivity index (χ0v) is 18.1. The molecule has 1 unspecified atom stereocenters. The lowest BCUT2D eigenvalue weighted by Crippen LogP contribution is -2.57. The third kappa shape index (κ3) is 6.25. The van der Waals surface area contributed by atoms with Crippen molar-refractivity contribution in [2.24, 2.45) is 0 Å². The molecule has 0 aliphatic heterocycles. The van der Waals surface area contributed by atoms with Gasteiger partial charge in [-0.15, -0.1) is 0 Å². The van der Waals surface area contributed by atoms with Crippen LogP contribution in [0.3, 0.4) is 0 Å². The number of likely N-dealkylation sites (N-methyl/N-ethyl adjacent to an activating group) is 1. The Bertz CT molecular complexity index is 975. The van der Waals surface area contributed by atoms with Crippen LogP contribution in [0, 0.1) is 5.82 Å². The van der Waals surface area contributed by atoms with Crippen molar-refractivity contribution in [3.63, 3.8) is 0 Å². The fourth-order valence-electron chi connectivity index (χ4n) is 3.18. The average molecular weight is 494 g/mol. The highest BCUT2D eigenvalue weighted by Crippen LogP contribution is 2.36. The molecular formula is C22H21F7N2O3. The van der Waals surface area contributed by atoms with Crippen LogP contribution in [-0.4, -0.2) is 37.4 Å². The van der Waals surface area contributed by atoms with Gasteiger partial charge >= 0.3 is 12.4 Å². The maximum Gasteiger partial charge on any atom is 0.416 e. The predicted molar refractivity (Wildman–Crippen MR) is 107 cm³/mol. The molecule has 0 spiro atoms. The van der Waals surface area contributed by atoms with E-state index in [0.717, 1.165) is 12.1 Å². The van der Waals surface area contributed by atoms with Crippen molar-refractivity contribution in [2.45, 2.75) is 31.4 Å². The van der Waals surface area contributed by atoms with Gasteiger partial charge in [0.1, 0.15) is 5.82 Å². The molecule has 0 radical (unpaired) electrons. The number of hydrogen-bond acceptors (Lipinski definition) is 3. The van der Waals surface area contributed by atoms with Crippen molar-refractivity contribution in [1.29, 1.82) is 0 Å². The molecule has 0 fully saturated rings. The van der Waals surface area contributed by atoms with E-state index in [1.54, 1.807) is 6.92 Å². The summed E-state index contributed by atoms with van der Waals surface area (Å²) in [7, 11) is 1.41. The first-order chi connectivity index (χ1) is 15.7. The van der Waals surface area contributed by atoms with Gasteiger partial charge in [0, 0.05) is 13.6 Å². The smallest absolute Gasteiger partial charge is 0.373 e. The number of nitrogens with zero attached hydrogens (tertiary/aromatic N) is 1. The molecule has 1 atom stereocenters. The van der Waals surface area contributed by atoms with E-state index in [9.17, 15) is 40.3 Å². The number of halogens is 7. The van der Waals surface area contributed by atoms with Gasteiger partial charge in [-0.1, -0.05) is 12.1 Å². The Morgan fingerprint density at radius 2 is 1.50 bits per heavy atom. The van der Waals surface area contributed by atoms with Crippen molar-refractivity contribution in [1.82, 2.24) is 10.2 Å². The molecule has 34 heavy (non-hydrogen) atoms. The molecule has 2 rings (SSSR count). The second-order valence-corrected chi connectivity index (χ2v) is 7.40. The number of amides is 2. The van der Waals surface area contributed by atoms with Gasteiger partial charge in [0.05, 0.1) is 24.3 Å². The Balaban J connectivity index is 2.43. The quantitative estimate of drug-likeness (QED) is 0.413. The van der Waals surface area contributed by atoms with Crippen LogP contribution >= 0.6 is 0 Å². The second-order valence-electron chi connectivity index (χ2n) is 7.40. The molecule has 5 nitrogen and oxygen atoms in total. The number of nitrogens with one attached hydrogen (secondary N) is 1. The maximum atomic E-state index is 13.4. The second kappa shape index (κ2) is 10.4. The minimum absolute atomic E-state index is 0.0139. The van der Waals surface area contributed by atoms with Crippen LogP contribution in [0.5, 0.6) is 0 Å². The van der Waals surface area contributed by atoms with E-state index in [2.05, 4.69) is 5.32 Å². The molecule has 0 heterocycles. The van der Waals surface area contributed by atoms with Crippen molar-refractivity contribution >= 4 is 12.3 Å². The molecule has 0 bridgehead atoms. The van der Waals surface area contributed by atoms with E-state index < -0.39 is 59.5 Å². The predicted octanol–water partition coefficient (Wildman–Crippen LogP) is 4.50. The molecule has 2 amide bonds. The molecule has 2 aromatic carbocycles. The number of alkyl halides is 6. The SMILES string of the molecule is CCN(C)C(=O)C(COCc1cc(C(F)(F)F)cc(C(F)(F)F)c1)(NC=O)c1ccc(F)cc1. The largest absolute Gasteiger partial charge is 0.416 e. The molecule has 0 aliphatic rings. The maximum absolute atomic E-state index is 13.4. The summed E-state index contributed by atoms with van der Waals surface area (Å²) in [6.45, 7) is 0.443. The van der Waals surface area contributed by atoms with Gasteiger partial charge in [0.2, 0.25) is 6.41 Å². The normalized spacial score (nSPS) is 13.8. The molecule has 1 N–H and O–H groups in total. The summed E-state index contributed by atoms with van der Waals surface area (Å²) >= 11 is 0. The Labute approximate surface area is 190 Å². The lowest BCUT2D eigenvalue weighted by Gasteiger charge is -2.35. The van der Waals surface area contributed by atoms with Crippen LogP contribution in [0.2, 0.25) is 0 Å². The zero-order chi connectivity index (χ0) is 25.7. The van der Waals surface area contributed by atoms with Gasteiger partial charge in [-0.05, 0) is 48.4 Å². The van der Waals surface area contributed by atoms with E-state index >= 15 is 0 Å². The highest BCUT2D eigenvalue weighted by Gasteiger charge is 2.42. The Kier molecular flexibility index (Phi) is 8.30. The number of hydrogen-bond donors (Lipinski definition) is 1. The van der Waals surface area contributed by atoms with Crippen LogP contribution in [0.1, 0.15) is 29.2 Å². The first-order valence-corrected chi connectivity index (χ1v) is 9.83. The number of rotatable bonds is 9. The van der Waals surface area contributed by atoms with E-state index in [0.29, 0.717) is 12.1 Å². The third-order valence-corrected chi connectivity index (χ3v) is 5.06. The number of carbonyl (C=O) groups excluding carboxylic acids is 2.